The van der Waals surface area contributed by atoms with Crippen LogP contribution >= 0.6 is 0 Å². The van der Waals surface area contributed by atoms with Crippen LogP contribution in [0.4, 0.5) is 0 Å². The molecule has 0 unspecified atom stereocenters. The largest absolute Gasteiger partial charge is 0.324 e. The fraction of sp³-hybridized carbons (Fsp3) is 0.438. The number of aromatic nitrogens is 1. The maximum Gasteiger partial charge on any atom is 0.273 e. The molecule has 0 aliphatic heterocycles. The minimum absolute atomic E-state index is 0.179. The van der Waals surface area contributed by atoms with Gasteiger partial charge in [-0.25, -0.2) is 0 Å². The van der Waals surface area contributed by atoms with E-state index in [0.29, 0.717) is 29.6 Å². The van der Waals surface area contributed by atoms with Crippen molar-refractivity contribution in [1.82, 2.24) is 10.3 Å². The average Bonchev–Trinajstić information content (AvgIpc) is 2.78. The molecule has 1 aromatic rings. The third-order valence-corrected chi connectivity index (χ3v) is 4.67. The van der Waals surface area contributed by atoms with Crippen LogP contribution in [0.2, 0.25) is 0 Å². The zero-order chi connectivity index (χ0) is 14.5. The molecule has 1 aromatic heterocycles. The number of nitrogens with one attached hydrogen (secondary N) is 1. The number of ketones is 1. The van der Waals surface area contributed by atoms with E-state index in [1.165, 1.54) is 0 Å². The first kappa shape index (κ1) is 13.0. The number of hydrogen-bond acceptors (Lipinski definition) is 3. The number of hydrogen-bond donors (Lipinski definition) is 1. The lowest BCUT2D eigenvalue weighted by Crippen LogP contribution is -2.25. The minimum atomic E-state index is -0.259. The fourth-order valence-electron chi connectivity index (χ4n) is 3.42. The molecule has 3 rings (SSSR count). The number of fused-ring (bicyclic) bond motifs is 1. The van der Waals surface area contributed by atoms with E-state index in [1.54, 1.807) is 24.4 Å². The van der Waals surface area contributed by atoms with Crippen molar-refractivity contribution in [2.75, 3.05) is 0 Å². The Morgan fingerprint density at radius 3 is 2.75 bits per heavy atom. The topological polar surface area (TPSA) is 59.1 Å². The zero-order valence-corrected chi connectivity index (χ0v) is 11.9. The van der Waals surface area contributed by atoms with Crippen molar-refractivity contribution in [3.05, 3.63) is 41.4 Å². The highest BCUT2D eigenvalue weighted by molar-refractivity contribution is 6.02. The number of rotatable bonds is 2. The molecular weight excluding hydrogens is 252 g/mol. The Kier molecular flexibility index (Phi) is 2.78. The Labute approximate surface area is 118 Å². The van der Waals surface area contributed by atoms with Crippen LogP contribution < -0.4 is 5.32 Å². The summed E-state index contributed by atoms with van der Waals surface area (Å²) in [5, 5.41) is 2.82. The number of pyridine rings is 1. The van der Waals surface area contributed by atoms with Gasteiger partial charge in [0, 0.05) is 23.9 Å². The molecule has 2 aliphatic carbocycles. The van der Waals surface area contributed by atoms with Gasteiger partial charge in [0.25, 0.3) is 5.91 Å². The Bertz CT molecular complexity index is 617. The van der Waals surface area contributed by atoms with Gasteiger partial charge in [-0.2, -0.15) is 0 Å². The Morgan fingerprint density at radius 1 is 1.40 bits per heavy atom. The second-order valence-electron chi connectivity index (χ2n) is 6.24. The van der Waals surface area contributed by atoms with Crippen molar-refractivity contribution >= 4 is 11.7 Å². The van der Waals surface area contributed by atoms with Crippen LogP contribution in [-0.2, 0) is 4.79 Å². The van der Waals surface area contributed by atoms with Gasteiger partial charge in [0.2, 0.25) is 0 Å². The minimum Gasteiger partial charge on any atom is -0.324 e. The van der Waals surface area contributed by atoms with Crippen molar-refractivity contribution in [2.24, 2.45) is 17.3 Å². The number of nitrogens with zero attached hydrogens (tertiary/aromatic N) is 1. The van der Waals surface area contributed by atoms with Crippen LogP contribution in [-0.4, -0.2) is 16.7 Å². The van der Waals surface area contributed by atoms with Crippen molar-refractivity contribution in [3.63, 3.8) is 0 Å². The first-order chi connectivity index (χ1) is 9.43. The van der Waals surface area contributed by atoms with E-state index in [-0.39, 0.29) is 17.1 Å². The SMILES string of the molecule is CC(NC(=O)c1ccccn1)=C1C(=O)C[C@@H]2[C@H]1C2(C)C. The number of allylic oxidation sites excluding steroid dienone is 2. The van der Waals surface area contributed by atoms with Crippen LogP contribution in [0, 0.1) is 17.3 Å². The summed E-state index contributed by atoms with van der Waals surface area (Å²) in [4.78, 5) is 28.1. The van der Waals surface area contributed by atoms with Crippen molar-refractivity contribution in [3.8, 4) is 0 Å². The lowest BCUT2D eigenvalue weighted by atomic mass is 9.95. The number of amides is 1. The number of carbonyl (C=O) groups is 2. The third-order valence-electron chi connectivity index (χ3n) is 4.67. The monoisotopic (exact) mass is 270 g/mol. The summed E-state index contributed by atoms with van der Waals surface area (Å²) in [5.74, 6) is 0.675. The predicted octanol–water partition coefficient (Wildman–Crippen LogP) is 2.33. The quantitative estimate of drug-likeness (QED) is 0.839. The number of carbonyl (C=O) groups excluding carboxylic acids is 2. The van der Waals surface area contributed by atoms with E-state index in [9.17, 15) is 9.59 Å². The van der Waals surface area contributed by atoms with Gasteiger partial charge in [-0.05, 0) is 36.3 Å². The summed E-state index contributed by atoms with van der Waals surface area (Å²) in [7, 11) is 0. The highest BCUT2D eigenvalue weighted by atomic mass is 16.2. The first-order valence-corrected chi connectivity index (χ1v) is 6.89. The molecule has 20 heavy (non-hydrogen) atoms. The normalized spacial score (nSPS) is 28.9. The summed E-state index contributed by atoms with van der Waals surface area (Å²) in [6.45, 7) is 6.18. The van der Waals surface area contributed by atoms with E-state index in [1.807, 2.05) is 6.92 Å². The van der Waals surface area contributed by atoms with Crippen LogP contribution in [0.25, 0.3) is 0 Å². The van der Waals surface area contributed by atoms with Gasteiger partial charge in [0.05, 0.1) is 0 Å². The molecule has 1 amide bonds. The Balaban J connectivity index is 1.82. The van der Waals surface area contributed by atoms with Gasteiger partial charge in [0.1, 0.15) is 5.69 Å². The molecule has 1 N–H and O–H groups in total. The van der Waals surface area contributed by atoms with Gasteiger partial charge in [-0.15, -0.1) is 0 Å². The van der Waals surface area contributed by atoms with Gasteiger partial charge < -0.3 is 5.32 Å². The second-order valence-corrected chi connectivity index (χ2v) is 6.24. The molecule has 1 heterocycles. The molecule has 0 radical (unpaired) electrons. The smallest absolute Gasteiger partial charge is 0.273 e. The zero-order valence-electron chi connectivity index (χ0n) is 11.9. The molecule has 0 bridgehead atoms. The lowest BCUT2D eigenvalue weighted by Gasteiger charge is -2.13. The summed E-state index contributed by atoms with van der Waals surface area (Å²) >= 11 is 0. The summed E-state index contributed by atoms with van der Waals surface area (Å²) in [5.41, 5.74) is 2.05. The van der Waals surface area contributed by atoms with Gasteiger partial charge >= 0.3 is 0 Å². The molecule has 4 heteroatoms. The Hall–Kier alpha value is -1.97. The third kappa shape index (κ3) is 1.87. The lowest BCUT2D eigenvalue weighted by molar-refractivity contribution is -0.115. The van der Waals surface area contributed by atoms with E-state index < -0.39 is 0 Å². The molecule has 104 valence electrons. The van der Waals surface area contributed by atoms with Gasteiger partial charge in [0.15, 0.2) is 5.78 Å². The first-order valence-electron chi connectivity index (χ1n) is 6.89. The van der Waals surface area contributed by atoms with Crippen molar-refractivity contribution in [2.45, 2.75) is 27.2 Å². The van der Waals surface area contributed by atoms with Gasteiger partial charge in [-0.1, -0.05) is 19.9 Å². The van der Waals surface area contributed by atoms with Gasteiger partial charge in [-0.3, -0.25) is 14.6 Å². The van der Waals surface area contributed by atoms with E-state index in [0.717, 1.165) is 5.57 Å². The van der Waals surface area contributed by atoms with E-state index in [4.69, 9.17) is 0 Å². The molecule has 2 fully saturated rings. The number of Topliss-reactive ketones (excluding diaryl/α,β-unsaturated/α-hetero) is 1. The molecule has 2 aliphatic rings. The highest BCUT2D eigenvalue weighted by Gasteiger charge is 2.65. The van der Waals surface area contributed by atoms with E-state index in [2.05, 4.69) is 24.1 Å². The standard InChI is InChI=1S/C16H18N2O2/c1-9(18-15(20)11-6-4-5-7-17-11)13-12(19)8-10-14(13)16(10,2)3/h4-7,10,14H,8H2,1-3H3,(H,18,20)/t10-,14-/m1/s1. The molecular formula is C16H18N2O2. The Morgan fingerprint density at radius 2 is 2.15 bits per heavy atom. The van der Waals surface area contributed by atoms with Crippen molar-refractivity contribution < 1.29 is 9.59 Å². The van der Waals surface area contributed by atoms with Crippen molar-refractivity contribution in [1.29, 1.82) is 0 Å². The molecule has 2 atom stereocenters. The van der Waals surface area contributed by atoms with Crippen LogP contribution in [0.1, 0.15) is 37.7 Å². The molecule has 2 saturated carbocycles. The summed E-state index contributed by atoms with van der Waals surface area (Å²) in [6.07, 6.45) is 2.20. The molecule has 0 aromatic carbocycles. The predicted molar refractivity (Wildman–Crippen MR) is 74.8 cm³/mol. The average molecular weight is 270 g/mol. The maximum atomic E-state index is 12.1. The molecule has 4 nitrogen and oxygen atoms in total. The fourth-order valence-corrected chi connectivity index (χ4v) is 3.42. The summed E-state index contributed by atoms with van der Waals surface area (Å²) < 4.78 is 0. The summed E-state index contributed by atoms with van der Waals surface area (Å²) in [6, 6.07) is 5.19. The van der Waals surface area contributed by atoms with Crippen LogP contribution in [0.3, 0.4) is 0 Å². The second kappa shape index (κ2) is 4.27. The van der Waals surface area contributed by atoms with Crippen LogP contribution in [0.15, 0.2) is 35.7 Å². The van der Waals surface area contributed by atoms with Crippen LogP contribution in [0.5, 0.6) is 0 Å². The molecule has 0 saturated heterocycles. The van der Waals surface area contributed by atoms with E-state index >= 15 is 0 Å². The maximum absolute atomic E-state index is 12.1. The molecule has 0 spiro atoms. The highest BCUT2D eigenvalue weighted by Crippen LogP contribution is 2.68.